The van der Waals surface area contributed by atoms with Crippen molar-refractivity contribution in [3.8, 4) is 5.75 Å². The number of aryl methyl sites for hydroxylation is 2. The standard InChI is InChI=1S/C27H30F3N5O3/c1-37-24-16-20(35-13-11-31-12-14-35)8-10-23(24)34-26-32-17-21(27(28,29)30)22(33-26)9-7-18-5-3-4-6-19(18)15-25(36)38-2/h3-6,8,10,16-17,31H,7,9,11-15H2,1-2H3,(H,32,33,34). The maximum atomic E-state index is 13.8. The molecule has 8 nitrogen and oxygen atoms in total. The number of aromatic nitrogens is 2. The van der Waals surface area contributed by atoms with Gasteiger partial charge < -0.3 is 25.0 Å². The molecule has 3 aromatic rings. The number of carbonyl (C=O) groups excluding carboxylic acids is 1. The second-order valence-corrected chi connectivity index (χ2v) is 8.82. The number of halogens is 3. The van der Waals surface area contributed by atoms with E-state index in [4.69, 9.17) is 9.47 Å². The quantitative estimate of drug-likeness (QED) is 0.400. The van der Waals surface area contributed by atoms with Crippen LogP contribution in [0.5, 0.6) is 5.75 Å². The number of anilines is 3. The molecule has 0 aliphatic carbocycles. The number of piperazine rings is 1. The highest BCUT2D eigenvalue weighted by atomic mass is 19.4. The normalized spacial score (nSPS) is 13.8. The first-order valence-electron chi connectivity index (χ1n) is 12.3. The lowest BCUT2D eigenvalue weighted by molar-refractivity contribution is -0.140. The molecule has 1 aliphatic rings. The molecule has 202 valence electrons. The van der Waals surface area contributed by atoms with E-state index >= 15 is 0 Å². The number of esters is 1. The molecule has 38 heavy (non-hydrogen) atoms. The molecular formula is C27H30F3N5O3. The Morgan fingerprint density at radius 2 is 1.82 bits per heavy atom. The number of carbonyl (C=O) groups is 1. The van der Waals surface area contributed by atoms with Crippen LogP contribution >= 0.6 is 0 Å². The second-order valence-electron chi connectivity index (χ2n) is 8.82. The summed E-state index contributed by atoms with van der Waals surface area (Å²) in [6.07, 6.45) is -3.51. The van der Waals surface area contributed by atoms with Gasteiger partial charge in [0.25, 0.3) is 0 Å². The maximum Gasteiger partial charge on any atom is 0.419 e. The number of nitrogens with one attached hydrogen (secondary N) is 2. The number of benzene rings is 2. The van der Waals surface area contributed by atoms with Gasteiger partial charge in [-0.3, -0.25) is 4.79 Å². The van der Waals surface area contributed by atoms with Gasteiger partial charge in [0.2, 0.25) is 5.95 Å². The summed E-state index contributed by atoms with van der Waals surface area (Å²) in [6.45, 7) is 3.50. The molecule has 11 heteroatoms. The molecule has 1 fully saturated rings. The maximum absolute atomic E-state index is 13.8. The molecule has 1 aliphatic heterocycles. The Bertz CT molecular complexity index is 1260. The van der Waals surface area contributed by atoms with Crippen LogP contribution < -0.4 is 20.3 Å². The number of alkyl halides is 3. The van der Waals surface area contributed by atoms with Crippen LogP contribution in [0.15, 0.2) is 48.7 Å². The molecule has 0 radical (unpaired) electrons. The minimum absolute atomic E-state index is 0.00327. The first-order chi connectivity index (χ1) is 18.3. The molecule has 2 aromatic carbocycles. The van der Waals surface area contributed by atoms with Crippen LogP contribution in [0.25, 0.3) is 0 Å². The fraction of sp³-hybridized carbons (Fsp3) is 0.370. The van der Waals surface area contributed by atoms with Gasteiger partial charge in [0, 0.05) is 44.1 Å². The summed E-state index contributed by atoms with van der Waals surface area (Å²) in [5.41, 5.74) is 1.96. The topological polar surface area (TPSA) is 88.6 Å². The zero-order valence-electron chi connectivity index (χ0n) is 21.3. The van der Waals surface area contributed by atoms with E-state index < -0.39 is 17.7 Å². The fourth-order valence-corrected chi connectivity index (χ4v) is 4.38. The summed E-state index contributed by atoms with van der Waals surface area (Å²) in [4.78, 5) is 22.2. The van der Waals surface area contributed by atoms with Crippen molar-refractivity contribution in [3.05, 3.63) is 71.0 Å². The largest absolute Gasteiger partial charge is 0.494 e. The summed E-state index contributed by atoms with van der Waals surface area (Å²) in [7, 11) is 2.83. The molecule has 0 atom stereocenters. The van der Waals surface area contributed by atoms with Crippen molar-refractivity contribution in [2.75, 3.05) is 50.6 Å². The van der Waals surface area contributed by atoms with Gasteiger partial charge in [0.1, 0.15) is 5.75 Å². The van der Waals surface area contributed by atoms with Gasteiger partial charge in [0.05, 0.1) is 37.6 Å². The van der Waals surface area contributed by atoms with Gasteiger partial charge >= 0.3 is 12.1 Å². The molecule has 1 aromatic heterocycles. The average molecular weight is 530 g/mol. The number of nitrogens with zero attached hydrogens (tertiary/aromatic N) is 3. The highest BCUT2D eigenvalue weighted by molar-refractivity contribution is 5.73. The summed E-state index contributed by atoms with van der Waals surface area (Å²) >= 11 is 0. The van der Waals surface area contributed by atoms with Gasteiger partial charge in [-0.15, -0.1) is 0 Å². The van der Waals surface area contributed by atoms with Crippen molar-refractivity contribution in [1.29, 1.82) is 0 Å². The van der Waals surface area contributed by atoms with Crippen LogP contribution in [0, 0.1) is 0 Å². The Morgan fingerprint density at radius 3 is 2.50 bits per heavy atom. The Balaban J connectivity index is 1.57. The van der Waals surface area contributed by atoms with Gasteiger partial charge in [-0.05, 0) is 36.1 Å². The Morgan fingerprint density at radius 1 is 1.08 bits per heavy atom. The van der Waals surface area contributed by atoms with Crippen molar-refractivity contribution in [1.82, 2.24) is 15.3 Å². The molecule has 4 rings (SSSR count). The third-order valence-corrected chi connectivity index (χ3v) is 6.40. The van der Waals surface area contributed by atoms with Crippen molar-refractivity contribution < 1.29 is 27.4 Å². The van der Waals surface area contributed by atoms with Crippen molar-refractivity contribution in [3.63, 3.8) is 0 Å². The highest BCUT2D eigenvalue weighted by Crippen LogP contribution is 2.34. The Labute approximate surface area is 219 Å². The molecule has 0 unspecified atom stereocenters. The molecule has 0 amide bonds. The van der Waals surface area contributed by atoms with Gasteiger partial charge in [-0.2, -0.15) is 13.2 Å². The summed E-state index contributed by atoms with van der Waals surface area (Å²) < 4.78 is 51.6. The van der Waals surface area contributed by atoms with Gasteiger partial charge in [-0.25, -0.2) is 9.97 Å². The molecule has 0 saturated carbocycles. The van der Waals surface area contributed by atoms with Crippen molar-refractivity contribution >= 4 is 23.3 Å². The first kappa shape index (κ1) is 27.2. The van der Waals surface area contributed by atoms with Crippen LogP contribution in [0.1, 0.15) is 22.4 Å². The molecule has 0 spiro atoms. The van der Waals surface area contributed by atoms with Crippen LogP contribution in [-0.2, 0) is 35.0 Å². The third-order valence-electron chi connectivity index (χ3n) is 6.40. The fourth-order valence-electron chi connectivity index (χ4n) is 4.38. The number of methoxy groups -OCH3 is 2. The predicted octanol–water partition coefficient (Wildman–Crippen LogP) is 4.16. The number of rotatable bonds is 9. The molecule has 2 heterocycles. The van der Waals surface area contributed by atoms with Gasteiger partial charge in [-0.1, -0.05) is 24.3 Å². The summed E-state index contributed by atoms with van der Waals surface area (Å²) in [5.74, 6) is 0.144. The van der Waals surface area contributed by atoms with E-state index in [9.17, 15) is 18.0 Å². The molecule has 0 bridgehead atoms. The minimum Gasteiger partial charge on any atom is -0.494 e. The van der Waals surface area contributed by atoms with Crippen LogP contribution in [0.3, 0.4) is 0 Å². The van der Waals surface area contributed by atoms with Gasteiger partial charge in [0.15, 0.2) is 0 Å². The zero-order chi connectivity index (χ0) is 27.1. The van der Waals surface area contributed by atoms with E-state index in [1.807, 2.05) is 12.1 Å². The molecule has 1 saturated heterocycles. The smallest absolute Gasteiger partial charge is 0.419 e. The lowest BCUT2D eigenvalue weighted by Crippen LogP contribution is -2.43. The molecular weight excluding hydrogens is 499 g/mol. The van der Waals surface area contributed by atoms with Crippen LogP contribution in [0.4, 0.5) is 30.5 Å². The second kappa shape index (κ2) is 12.1. The lowest BCUT2D eigenvalue weighted by atomic mass is 9.98. The van der Waals surface area contributed by atoms with E-state index in [2.05, 4.69) is 25.5 Å². The lowest BCUT2D eigenvalue weighted by Gasteiger charge is -2.30. The Hall–Kier alpha value is -3.86. The van der Waals surface area contributed by atoms with E-state index in [0.717, 1.165) is 43.6 Å². The zero-order valence-corrected chi connectivity index (χ0v) is 21.3. The van der Waals surface area contributed by atoms with E-state index in [1.54, 1.807) is 30.3 Å². The Kier molecular flexibility index (Phi) is 8.67. The minimum atomic E-state index is -4.61. The van der Waals surface area contributed by atoms with Crippen molar-refractivity contribution in [2.24, 2.45) is 0 Å². The first-order valence-corrected chi connectivity index (χ1v) is 12.3. The van der Waals surface area contributed by atoms with E-state index in [1.165, 1.54) is 14.2 Å². The number of ether oxygens (including phenoxy) is 2. The number of hydrogen-bond donors (Lipinski definition) is 2. The van der Waals surface area contributed by atoms with Crippen LogP contribution in [-0.4, -0.2) is 56.3 Å². The van der Waals surface area contributed by atoms with E-state index in [-0.39, 0.29) is 30.9 Å². The highest BCUT2D eigenvalue weighted by Gasteiger charge is 2.35. The number of hydrogen-bond acceptors (Lipinski definition) is 8. The summed E-state index contributed by atoms with van der Waals surface area (Å²) in [5, 5.41) is 6.32. The average Bonchev–Trinajstić information content (AvgIpc) is 2.92. The SMILES string of the molecule is COC(=O)Cc1ccccc1CCc1nc(Nc2ccc(N3CCNCC3)cc2OC)ncc1C(F)(F)F. The predicted molar refractivity (Wildman–Crippen MR) is 138 cm³/mol. The molecule has 2 N–H and O–H groups in total. The third kappa shape index (κ3) is 6.71. The van der Waals surface area contributed by atoms with E-state index in [0.29, 0.717) is 17.0 Å². The van der Waals surface area contributed by atoms with Crippen LogP contribution in [0.2, 0.25) is 0 Å². The monoisotopic (exact) mass is 529 g/mol. The summed E-state index contributed by atoms with van der Waals surface area (Å²) in [6, 6.07) is 12.7. The van der Waals surface area contributed by atoms with Crippen molar-refractivity contribution in [2.45, 2.75) is 25.4 Å².